The number of amides is 2. The maximum Gasteiger partial charge on any atom is 0.259 e. The monoisotopic (exact) mass is 398 g/mol. The summed E-state index contributed by atoms with van der Waals surface area (Å²) in [5.41, 5.74) is 1.48. The number of nitrogens with one attached hydrogen (secondary N) is 1. The molecule has 2 amide bonds. The maximum absolute atomic E-state index is 13.1. The summed E-state index contributed by atoms with van der Waals surface area (Å²) in [7, 11) is 1.55. The number of carbonyl (C=O) groups excluding carboxylic acids is 2. The van der Waals surface area contributed by atoms with Crippen LogP contribution in [-0.4, -0.2) is 42.7 Å². The number of hydrogen-bond donors (Lipinski definition) is 1. The first-order valence-electron chi connectivity index (χ1n) is 9.48. The molecule has 3 rings (SSSR count). The molecule has 1 saturated heterocycles. The highest BCUT2D eigenvalue weighted by molar-refractivity contribution is 7.98. The van der Waals surface area contributed by atoms with Gasteiger partial charge in [-0.15, -0.1) is 11.8 Å². The second-order valence-electron chi connectivity index (χ2n) is 6.91. The molecule has 1 heterocycles. The van der Waals surface area contributed by atoms with Crippen LogP contribution in [0.3, 0.4) is 0 Å². The summed E-state index contributed by atoms with van der Waals surface area (Å²) < 4.78 is 5.38. The van der Waals surface area contributed by atoms with Crippen LogP contribution in [0.25, 0.3) is 0 Å². The van der Waals surface area contributed by atoms with Gasteiger partial charge in [0.2, 0.25) is 0 Å². The van der Waals surface area contributed by atoms with E-state index in [1.165, 1.54) is 0 Å². The van der Waals surface area contributed by atoms with Crippen molar-refractivity contribution < 1.29 is 14.3 Å². The summed E-state index contributed by atoms with van der Waals surface area (Å²) >= 11 is 1.58. The fourth-order valence-corrected chi connectivity index (χ4v) is 3.94. The Morgan fingerprint density at radius 3 is 2.64 bits per heavy atom. The first kappa shape index (κ1) is 20.3. The molecule has 1 atom stereocenters. The number of hydrogen-bond acceptors (Lipinski definition) is 4. The molecular weight excluding hydrogens is 372 g/mol. The van der Waals surface area contributed by atoms with Crippen LogP contribution in [0, 0.1) is 0 Å². The molecule has 1 aliphatic rings. The van der Waals surface area contributed by atoms with Crippen LogP contribution in [0.1, 0.15) is 46.9 Å². The minimum Gasteiger partial charge on any atom is -0.496 e. The van der Waals surface area contributed by atoms with Crippen LogP contribution >= 0.6 is 11.8 Å². The fraction of sp³-hybridized carbons (Fsp3) is 0.364. The van der Waals surface area contributed by atoms with Gasteiger partial charge in [0.1, 0.15) is 5.75 Å². The molecule has 6 heteroatoms. The van der Waals surface area contributed by atoms with Crippen molar-refractivity contribution in [2.45, 2.75) is 37.1 Å². The molecule has 28 heavy (non-hydrogen) atoms. The van der Waals surface area contributed by atoms with Crippen LogP contribution in [0.2, 0.25) is 0 Å². The number of thioether (sulfide) groups is 1. The summed E-state index contributed by atoms with van der Waals surface area (Å²) in [6, 6.07) is 12.9. The van der Waals surface area contributed by atoms with Crippen molar-refractivity contribution >= 4 is 29.3 Å². The predicted octanol–water partition coefficient (Wildman–Crippen LogP) is 4.68. The number of anilines is 1. The Morgan fingerprint density at radius 1 is 1.14 bits per heavy atom. The average Bonchev–Trinajstić information content (AvgIpc) is 2.73. The van der Waals surface area contributed by atoms with Crippen molar-refractivity contribution in [2.24, 2.45) is 0 Å². The summed E-state index contributed by atoms with van der Waals surface area (Å²) in [5.74, 6) is 0.182. The third-order valence-corrected chi connectivity index (χ3v) is 5.85. The van der Waals surface area contributed by atoms with Gasteiger partial charge in [0, 0.05) is 17.5 Å². The molecule has 0 radical (unpaired) electrons. The SMILES string of the molecule is COc1cc(SC)ccc1C(=O)Nc1ccccc1C(=O)N1CCCCC1C. The van der Waals surface area contributed by atoms with Gasteiger partial charge in [0.15, 0.2) is 0 Å². The van der Waals surface area contributed by atoms with Crippen molar-refractivity contribution in [1.82, 2.24) is 4.90 Å². The van der Waals surface area contributed by atoms with Crippen molar-refractivity contribution in [3.63, 3.8) is 0 Å². The summed E-state index contributed by atoms with van der Waals surface area (Å²) in [6.45, 7) is 2.84. The first-order chi connectivity index (χ1) is 13.5. The van der Waals surface area contributed by atoms with Crippen molar-refractivity contribution in [3.05, 3.63) is 53.6 Å². The zero-order valence-electron chi connectivity index (χ0n) is 16.5. The van der Waals surface area contributed by atoms with E-state index in [1.807, 2.05) is 35.4 Å². The minimum absolute atomic E-state index is 0.0344. The number of methoxy groups -OCH3 is 1. The van der Waals surface area contributed by atoms with Gasteiger partial charge < -0.3 is 15.0 Å². The molecule has 0 aromatic heterocycles. The minimum atomic E-state index is -0.295. The van der Waals surface area contributed by atoms with E-state index in [-0.39, 0.29) is 17.9 Å². The molecular formula is C22H26N2O3S. The van der Waals surface area contributed by atoms with Gasteiger partial charge in [-0.25, -0.2) is 0 Å². The number of rotatable bonds is 5. The number of ether oxygens (including phenoxy) is 1. The average molecular weight is 399 g/mol. The van der Waals surface area contributed by atoms with Gasteiger partial charge in [-0.1, -0.05) is 12.1 Å². The third-order valence-electron chi connectivity index (χ3n) is 5.12. The molecule has 1 unspecified atom stereocenters. The Balaban J connectivity index is 1.85. The van der Waals surface area contributed by atoms with Gasteiger partial charge in [-0.05, 0) is 62.8 Å². The molecule has 0 spiro atoms. The van der Waals surface area contributed by atoms with E-state index in [0.29, 0.717) is 22.6 Å². The summed E-state index contributed by atoms with van der Waals surface area (Å²) in [5, 5.41) is 2.90. The van der Waals surface area contributed by atoms with Crippen molar-refractivity contribution in [2.75, 3.05) is 25.2 Å². The van der Waals surface area contributed by atoms with E-state index in [4.69, 9.17) is 4.74 Å². The smallest absolute Gasteiger partial charge is 0.259 e. The number of piperidine rings is 1. The molecule has 0 aliphatic carbocycles. The summed E-state index contributed by atoms with van der Waals surface area (Å²) in [4.78, 5) is 28.9. The van der Waals surface area contributed by atoms with Gasteiger partial charge in [0.25, 0.3) is 11.8 Å². The lowest BCUT2D eigenvalue weighted by atomic mass is 10.0. The molecule has 2 aromatic rings. The first-order valence-corrected chi connectivity index (χ1v) is 10.7. The number of nitrogens with zero attached hydrogens (tertiary/aromatic N) is 1. The van der Waals surface area contributed by atoms with E-state index in [2.05, 4.69) is 12.2 Å². The zero-order valence-corrected chi connectivity index (χ0v) is 17.3. The number of likely N-dealkylation sites (tertiary alicyclic amines) is 1. The highest BCUT2D eigenvalue weighted by Crippen LogP contribution is 2.28. The normalized spacial score (nSPS) is 16.5. The Labute approximate surface area is 170 Å². The number of para-hydroxylation sites is 1. The Morgan fingerprint density at radius 2 is 1.93 bits per heavy atom. The molecule has 1 fully saturated rings. The van der Waals surface area contributed by atoms with E-state index in [9.17, 15) is 9.59 Å². The molecule has 148 valence electrons. The lowest BCUT2D eigenvalue weighted by Crippen LogP contribution is -2.42. The van der Waals surface area contributed by atoms with Crippen LogP contribution < -0.4 is 10.1 Å². The Hall–Kier alpha value is -2.47. The lowest BCUT2D eigenvalue weighted by molar-refractivity contribution is 0.0636. The second-order valence-corrected chi connectivity index (χ2v) is 7.79. The second kappa shape index (κ2) is 9.15. The van der Waals surface area contributed by atoms with E-state index >= 15 is 0 Å². The fourth-order valence-electron chi connectivity index (χ4n) is 3.51. The van der Waals surface area contributed by atoms with Crippen molar-refractivity contribution in [1.29, 1.82) is 0 Å². The highest BCUT2D eigenvalue weighted by Gasteiger charge is 2.26. The highest BCUT2D eigenvalue weighted by atomic mass is 32.2. The van der Waals surface area contributed by atoms with Gasteiger partial charge in [0.05, 0.1) is 23.9 Å². The van der Waals surface area contributed by atoms with Gasteiger partial charge in [-0.3, -0.25) is 9.59 Å². The maximum atomic E-state index is 13.1. The molecule has 1 aliphatic heterocycles. The quantitative estimate of drug-likeness (QED) is 0.743. The third kappa shape index (κ3) is 4.33. The predicted molar refractivity (Wildman–Crippen MR) is 114 cm³/mol. The lowest BCUT2D eigenvalue weighted by Gasteiger charge is -2.34. The Kier molecular flexibility index (Phi) is 6.62. The Bertz CT molecular complexity index is 869. The van der Waals surface area contributed by atoms with Crippen LogP contribution in [0.15, 0.2) is 47.4 Å². The standard InChI is InChI=1S/C22H26N2O3S/c1-15-8-6-7-13-24(15)22(26)17-9-4-5-10-19(17)23-21(25)18-12-11-16(28-3)14-20(18)27-2/h4-5,9-12,14-15H,6-8,13H2,1-3H3,(H,23,25). The van der Waals surface area contributed by atoms with Crippen LogP contribution in [-0.2, 0) is 0 Å². The van der Waals surface area contributed by atoms with Gasteiger partial charge >= 0.3 is 0 Å². The van der Waals surface area contributed by atoms with E-state index in [1.54, 1.807) is 37.1 Å². The summed E-state index contributed by atoms with van der Waals surface area (Å²) in [6.07, 6.45) is 5.15. The van der Waals surface area contributed by atoms with Crippen LogP contribution in [0.4, 0.5) is 5.69 Å². The molecule has 1 N–H and O–H groups in total. The topological polar surface area (TPSA) is 58.6 Å². The largest absolute Gasteiger partial charge is 0.496 e. The van der Waals surface area contributed by atoms with Crippen molar-refractivity contribution in [3.8, 4) is 5.75 Å². The molecule has 0 saturated carbocycles. The molecule has 2 aromatic carbocycles. The zero-order chi connectivity index (χ0) is 20.1. The number of benzene rings is 2. The molecule has 0 bridgehead atoms. The number of carbonyl (C=O) groups is 2. The van der Waals surface area contributed by atoms with E-state index in [0.717, 1.165) is 30.7 Å². The van der Waals surface area contributed by atoms with E-state index < -0.39 is 0 Å². The van der Waals surface area contributed by atoms with Gasteiger partial charge in [-0.2, -0.15) is 0 Å². The van der Waals surface area contributed by atoms with Crippen LogP contribution in [0.5, 0.6) is 5.75 Å². The molecule has 5 nitrogen and oxygen atoms in total.